The lowest BCUT2D eigenvalue weighted by molar-refractivity contribution is 0.122. The number of ether oxygens (including phenoxy) is 1. The fraction of sp³-hybridized carbons (Fsp3) is 0.421. The van der Waals surface area contributed by atoms with E-state index in [-0.39, 0.29) is 5.82 Å². The molecule has 0 bridgehead atoms. The number of hydrogen-bond acceptors (Lipinski definition) is 6. The predicted molar refractivity (Wildman–Crippen MR) is 101 cm³/mol. The molecule has 0 aliphatic carbocycles. The molecule has 0 spiro atoms. The molecule has 0 saturated carbocycles. The van der Waals surface area contributed by atoms with Crippen LogP contribution in [0.4, 0.5) is 10.2 Å². The van der Waals surface area contributed by atoms with Crippen LogP contribution in [-0.4, -0.2) is 42.0 Å². The highest BCUT2D eigenvalue weighted by molar-refractivity contribution is 7.99. The minimum atomic E-state index is -0.316. The molecule has 3 rings (SSSR count). The van der Waals surface area contributed by atoms with E-state index in [4.69, 9.17) is 4.74 Å². The van der Waals surface area contributed by atoms with Gasteiger partial charge in [0.05, 0.1) is 18.9 Å². The van der Waals surface area contributed by atoms with Crippen LogP contribution in [0, 0.1) is 23.1 Å². The van der Waals surface area contributed by atoms with Gasteiger partial charge < -0.3 is 9.64 Å². The molecule has 1 aliphatic heterocycles. The van der Waals surface area contributed by atoms with Crippen LogP contribution in [0.2, 0.25) is 0 Å². The van der Waals surface area contributed by atoms with Crippen molar-refractivity contribution in [2.45, 2.75) is 19.0 Å². The third-order valence-electron chi connectivity index (χ3n) is 3.96. The van der Waals surface area contributed by atoms with Gasteiger partial charge in [0.1, 0.15) is 17.4 Å². The molecule has 136 valence electrons. The lowest BCUT2D eigenvalue weighted by Crippen LogP contribution is -2.37. The molecule has 0 amide bonds. The lowest BCUT2D eigenvalue weighted by atomic mass is 10.1. The number of nitrogens with zero attached hydrogens (tertiary/aromatic N) is 4. The summed E-state index contributed by atoms with van der Waals surface area (Å²) in [5, 5.41) is 10.4. The van der Waals surface area contributed by atoms with E-state index in [0.29, 0.717) is 60.0 Å². The first-order valence-corrected chi connectivity index (χ1v) is 9.60. The highest BCUT2D eigenvalue weighted by Gasteiger charge is 2.22. The van der Waals surface area contributed by atoms with E-state index in [1.165, 1.54) is 12.1 Å². The summed E-state index contributed by atoms with van der Waals surface area (Å²) < 4.78 is 18.7. The van der Waals surface area contributed by atoms with Crippen LogP contribution < -0.4 is 4.90 Å². The quantitative estimate of drug-likeness (QED) is 0.589. The van der Waals surface area contributed by atoms with Gasteiger partial charge in [0.25, 0.3) is 0 Å². The van der Waals surface area contributed by atoms with Crippen LogP contribution in [0.5, 0.6) is 0 Å². The van der Waals surface area contributed by atoms with Crippen LogP contribution in [0.3, 0.4) is 0 Å². The van der Waals surface area contributed by atoms with E-state index in [1.807, 2.05) is 0 Å². The van der Waals surface area contributed by atoms with E-state index in [0.717, 1.165) is 5.75 Å². The van der Waals surface area contributed by atoms with Gasteiger partial charge in [-0.3, -0.25) is 0 Å². The van der Waals surface area contributed by atoms with E-state index in [9.17, 15) is 9.65 Å². The maximum absolute atomic E-state index is 13.3. The van der Waals surface area contributed by atoms with Crippen molar-refractivity contribution in [3.05, 3.63) is 35.6 Å². The highest BCUT2D eigenvalue weighted by atomic mass is 32.2. The van der Waals surface area contributed by atoms with Crippen molar-refractivity contribution in [2.24, 2.45) is 5.92 Å². The van der Waals surface area contributed by atoms with Crippen LogP contribution in [0.25, 0.3) is 11.3 Å². The van der Waals surface area contributed by atoms with E-state index < -0.39 is 0 Å². The minimum Gasteiger partial charge on any atom is -0.378 e. The summed E-state index contributed by atoms with van der Waals surface area (Å²) in [4.78, 5) is 11.4. The third kappa shape index (κ3) is 4.32. The molecule has 7 heteroatoms. The first-order chi connectivity index (χ1) is 12.6. The molecule has 1 saturated heterocycles. The normalized spacial score (nSPS) is 14.5. The Morgan fingerprint density at radius 3 is 2.54 bits per heavy atom. The standard InChI is InChI=1S/C19H21FN4OS/c1-13(2)12-26-19-22-17(14-3-5-15(20)6-4-14)16(11-21)18(23-19)24-7-9-25-10-8-24/h3-6,13H,7-10,12H2,1-2H3. The smallest absolute Gasteiger partial charge is 0.190 e. The molecule has 2 aromatic rings. The van der Waals surface area contributed by atoms with Gasteiger partial charge >= 0.3 is 0 Å². The number of benzene rings is 1. The first kappa shape index (κ1) is 18.6. The van der Waals surface area contributed by atoms with Gasteiger partial charge in [0.2, 0.25) is 0 Å². The zero-order valence-electron chi connectivity index (χ0n) is 14.9. The number of anilines is 1. The summed E-state index contributed by atoms with van der Waals surface area (Å²) in [7, 11) is 0. The lowest BCUT2D eigenvalue weighted by Gasteiger charge is -2.29. The number of halogens is 1. The zero-order valence-corrected chi connectivity index (χ0v) is 15.7. The number of rotatable bonds is 5. The highest BCUT2D eigenvalue weighted by Crippen LogP contribution is 2.31. The van der Waals surface area contributed by atoms with Gasteiger partial charge in [0, 0.05) is 24.4 Å². The average Bonchev–Trinajstić information content (AvgIpc) is 2.67. The van der Waals surface area contributed by atoms with Gasteiger partial charge in [-0.25, -0.2) is 14.4 Å². The predicted octanol–water partition coefficient (Wildman–Crippen LogP) is 3.74. The van der Waals surface area contributed by atoms with Gasteiger partial charge in [-0.2, -0.15) is 5.26 Å². The van der Waals surface area contributed by atoms with Gasteiger partial charge in [-0.15, -0.1) is 0 Å². The second-order valence-electron chi connectivity index (χ2n) is 6.48. The van der Waals surface area contributed by atoms with Crippen molar-refractivity contribution < 1.29 is 9.13 Å². The van der Waals surface area contributed by atoms with Crippen molar-refractivity contribution in [3.63, 3.8) is 0 Å². The van der Waals surface area contributed by atoms with Crippen LogP contribution in [0.15, 0.2) is 29.4 Å². The summed E-state index contributed by atoms with van der Waals surface area (Å²) in [5.41, 5.74) is 1.69. The van der Waals surface area contributed by atoms with Gasteiger partial charge in [0.15, 0.2) is 11.0 Å². The Morgan fingerprint density at radius 2 is 1.92 bits per heavy atom. The fourth-order valence-electron chi connectivity index (χ4n) is 2.66. The molecule has 5 nitrogen and oxygen atoms in total. The van der Waals surface area contributed by atoms with Crippen LogP contribution in [-0.2, 0) is 4.74 Å². The van der Waals surface area contributed by atoms with Gasteiger partial charge in [-0.05, 0) is 30.2 Å². The number of hydrogen-bond donors (Lipinski definition) is 0. The number of morpholine rings is 1. The Kier molecular flexibility index (Phi) is 6.07. The topological polar surface area (TPSA) is 62.0 Å². The molecular weight excluding hydrogens is 351 g/mol. The Balaban J connectivity index is 2.09. The van der Waals surface area contributed by atoms with Crippen LogP contribution in [0.1, 0.15) is 19.4 Å². The van der Waals surface area contributed by atoms with E-state index in [1.54, 1.807) is 23.9 Å². The molecule has 1 fully saturated rings. The molecule has 26 heavy (non-hydrogen) atoms. The maximum Gasteiger partial charge on any atom is 0.190 e. The summed E-state index contributed by atoms with van der Waals surface area (Å²) in [6.45, 7) is 6.86. The first-order valence-electron chi connectivity index (χ1n) is 8.62. The third-order valence-corrected chi connectivity index (χ3v) is 5.23. The molecule has 0 N–H and O–H groups in total. The molecule has 2 heterocycles. The Labute approximate surface area is 157 Å². The molecule has 0 radical (unpaired) electrons. The molecule has 0 unspecified atom stereocenters. The molecule has 1 aliphatic rings. The molecular formula is C19H21FN4OS. The number of nitriles is 1. The van der Waals surface area contributed by atoms with E-state index >= 15 is 0 Å². The summed E-state index contributed by atoms with van der Waals surface area (Å²) in [6, 6.07) is 8.32. The number of aromatic nitrogens is 2. The van der Waals surface area contributed by atoms with Crippen molar-refractivity contribution >= 4 is 17.6 Å². The zero-order chi connectivity index (χ0) is 18.5. The van der Waals surface area contributed by atoms with Crippen molar-refractivity contribution in [1.29, 1.82) is 5.26 Å². The molecule has 1 aromatic heterocycles. The Bertz CT molecular complexity index is 798. The fourth-order valence-corrected chi connectivity index (χ4v) is 3.45. The summed E-state index contributed by atoms with van der Waals surface area (Å²) in [5.74, 6) is 1.71. The van der Waals surface area contributed by atoms with Gasteiger partial charge in [-0.1, -0.05) is 25.6 Å². The summed E-state index contributed by atoms with van der Waals surface area (Å²) in [6.07, 6.45) is 0. The largest absolute Gasteiger partial charge is 0.378 e. The van der Waals surface area contributed by atoms with Crippen molar-refractivity contribution in [1.82, 2.24) is 9.97 Å². The van der Waals surface area contributed by atoms with Crippen molar-refractivity contribution in [3.8, 4) is 17.3 Å². The maximum atomic E-state index is 13.3. The van der Waals surface area contributed by atoms with E-state index in [2.05, 4.69) is 34.8 Å². The monoisotopic (exact) mass is 372 g/mol. The second-order valence-corrected chi connectivity index (χ2v) is 7.46. The average molecular weight is 372 g/mol. The SMILES string of the molecule is CC(C)CSc1nc(-c2ccc(F)cc2)c(C#N)c(N2CCOCC2)n1. The molecule has 1 aromatic carbocycles. The number of thioether (sulfide) groups is 1. The Hall–Kier alpha value is -2.17. The molecule has 0 atom stereocenters. The van der Waals surface area contributed by atoms with Crippen molar-refractivity contribution in [2.75, 3.05) is 37.0 Å². The Morgan fingerprint density at radius 1 is 1.23 bits per heavy atom. The minimum absolute atomic E-state index is 0.316. The van der Waals surface area contributed by atoms with Crippen LogP contribution >= 0.6 is 11.8 Å². The second kappa shape index (κ2) is 8.47. The summed E-state index contributed by atoms with van der Waals surface area (Å²) >= 11 is 1.57.